The van der Waals surface area contributed by atoms with E-state index in [4.69, 9.17) is 0 Å². The van der Waals surface area contributed by atoms with Gasteiger partial charge in [-0.3, -0.25) is 25.0 Å². The third kappa shape index (κ3) is 2.62. The van der Waals surface area contributed by atoms with Gasteiger partial charge in [0.1, 0.15) is 5.71 Å². The Morgan fingerprint density at radius 2 is 1.52 bits per heavy atom. The zero-order valence-electron chi connectivity index (χ0n) is 11.4. The maximum Gasteiger partial charge on any atom is 0.275 e. The number of hydrogen-bond acceptors (Lipinski definition) is 6. The lowest BCUT2D eigenvalue weighted by Crippen LogP contribution is -2.13. The largest absolute Gasteiger partial charge is 0.320 e. The molecule has 9 heteroatoms. The molecule has 1 N–H and O–H groups in total. The number of carbonyl (C=O) groups is 1. The normalized spacial score (nSPS) is 14.4. The minimum Gasteiger partial charge on any atom is -0.320 e. The lowest BCUT2D eigenvalue weighted by atomic mass is 10.1. The number of nitro benzene ring substituents is 2. The molecular formula is C14H8N4O5. The maximum atomic E-state index is 12.0. The first-order valence-electron chi connectivity index (χ1n) is 6.39. The highest BCUT2D eigenvalue weighted by Crippen LogP contribution is 2.29. The van der Waals surface area contributed by atoms with Gasteiger partial charge in [0, 0.05) is 29.8 Å². The maximum absolute atomic E-state index is 12.0. The zero-order valence-corrected chi connectivity index (χ0v) is 11.4. The molecule has 0 unspecified atom stereocenters. The van der Waals surface area contributed by atoms with Gasteiger partial charge in [0.15, 0.2) is 0 Å². The van der Waals surface area contributed by atoms with E-state index in [1.165, 1.54) is 42.5 Å². The third-order valence-corrected chi connectivity index (χ3v) is 3.23. The van der Waals surface area contributed by atoms with Gasteiger partial charge in [-0.05, 0) is 18.2 Å². The number of fused-ring (bicyclic) bond motifs is 1. The molecule has 2 aromatic carbocycles. The Labute approximate surface area is 128 Å². The number of nitrogens with zero attached hydrogens (tertiary/aromatic N) is 3. The van der Waals surface area contributed by atoms with Gasteiger partial charge in [-0.25, -0.2) is 4.99 Å². The number of rotatable bonds is 3. The number of hydrogen-bond donors (Lipinski definition) is 1. The smallest absolute Gasteiger partial charge is 0.275 e. The van der Waals surface area contributed by atoms with Crippen LogP contribution in [0.3, 0.4) is 0 Å². The van der Waals surface area contributed by atoms with Crippen LogP contribution in [0.5, 0.6) is 0 Å². The molecule has 0 saturated heterocycles. The van der Waals surface area contributed by atoms with Crippen LogP contribution in [-0.2, 0) is 4.79 Å². The van der Waals surface area contributed by atoms with Crippen LogP contribution in [0.25, 0.3) is 0 Å². The van der Waals surface area contributed by atoms with Crippen LogP contribution in [0.2, 0.25) is 0 Å². The number of nitrogens with one attached hydrogen (secondary N) is 1. The van der Waals surface area contributed by atoms with Crippen molar-refractivity contribution in [1.82, 2.24) is 0 Å². The molecule has 1 aliphatic heterocycles. The van der Waals surface area contributed by atoms with Gasteiger partial charge in [0.05, 0.1) is 21.2 Å². The molecule has 0 aliphatic carbocycles. The Morgan fingerprint density at radius 1 is 0.913 bits per heavy atom. The van der Waals surface area contributed by atoms with Crippen LogP contribution in [0.4, 0.5) is 22.7 Å². The van der Waals surface area contributed by atoms with Crippen molar-refractivity contribution in [2.75, 3.05) is 5.32 Å². The molecule has 0 bridgehead atoms. The summed E-state index contributed by atoms with van der Waals surface area (Å²) in [7, 11) is 0. The van der Waals surface area contributed by atoms with E-state index < -0.39 is 15.8 Å². The number of aliphatic imine (C=N–C) groups is 1. The van der Waals surface area contributed by atoms with Crippen LogP contribution in [0.1, 0.15) is 5.56 Å². The van der Waals surface area contributed by atoms with Crippen molar-refractivity contribution in [2.45, 2.75) is 0 Å². The number of carbonyl (C=O) groups excluding carboxylic acids is 1. The van der Waals surface area contributed by atoms with Gasteiger partial charge >= 0.3 is 0 Å². The van der Waals surface area contributed by atoms with Crippen LogP contribution in [0, 0.1) is 20.2 Å². The van der Waals surface area contributed by atoms with E-state index in [0.29, 0.717) is 16.9 Å². The summed E-state index contributed by atoms with van der Waals surface area (Å²) in [6.45, 7) is 0. The Morgan fingerprint density at radius 3 is 2.13 bits per heavy atom. The first-order valence-corrected chi connectivity index (χ1v) is 6.39. The molecule has 0 aromatic heterocycles. The van der Waals surface area contributed by atoms with Crippen molar-refractivity contribution >= 4 is 34.4 Å². The highest BCUT2D eigenvalue weighted by Gasteiger charge is 2.28. The van der Waals surface area contributed by atoms with Crippen molar-refractivity contribution < 1.29 is 14.6 Å². The summed E-state index contributed by atoms with van der Waals surface area (Å²) < 4.78 is 0. The standard InChI is InChI=1S/C14H8N4O5/c19-14-13(15-8-1-3-9(4-2-8)17(20)21)11-7-10(18(22)23)5-6-12(11)16-14/h1-7H,(H,15,16,19). The Kier molecular flexibility index (Phi) is 3.30. The van der Waals surface area contributed by atoms with Gasteiger partial charge in [0.2, 0.25) is 0 Å². The fraction of sp³-hybridized carbons (Fsp3) is 0. The second-order valence-corrected chi connectivity index (χ2v) is 4.68. The van der Waals surface area contributed by atoms with Gasteiger partial charge in [-0.15, -0.1) is 0 Å². The summed E-state index contributed by atoms with van der Waals surface area (Å²) >= 11 is 0. The topological polar surface area (TPSA) is 128 Å². The minimum absolute atomic E-state index is 0.0255. The molecule has 1 aliphatic rings. The molecule has 2 aromatic rings. The summed E-state index contributed by atoms with van der Waals surface area (Å²) in [4.78, 5) is 36.5. The van der Waals surface area contributed by atoms with Crippen LogP contribution in [-0.4, -0.2) is 21.5 Å². The molecule has 0 radical (unpaired) electrons. The Hall–Kier alpha value is -3.62. The van der Waals surface area contributed by atoms with E-state index in [2.05, 4.69) is 10.3 Å². The Balaban J connectivity index is 2.03. The lowest BCUT2D eigenvalue weighted by Gasteiger charge is -1.99. The van der Waals surface area contributed by atoms with Crippen molar-refractivity contribution in [3.05, 3.63) is 68.3 Å². The fourth-order valence-electron chi connectivity index (χ4n) is 2.14. The summed E-state index contributed by atoms with van der Waals surface area (Å²) in [5, 5.41) is 24.0. The van der Waals surface area contributed by atoms with Gasteiger partial charge in [-0.1, -0.05) is 0 Å². The van der Waals surface area contributed by atoms with Gasteiger partial charge < -0.3 is 5.32 Å². The monoisotopic (exact) mass is 312 g/mol. The van der Waals surface area contributed by atoms with E-state index >= 15 is 0 Å². The first-order chi connectivity index (χ1) is 11.0. The highest BCUT2D eigenvalue weighted by atomic mass is 16.6. The van der Waals surface area contributed by atoms with Crippen LogP contribution < -0.4 is 5.32 Å². The molecule has 1 amide bonds. The van der Waals surface area contributed by atoms with Crippen LogP contribution in [0.15, 0.2) is 47.5 Å². The highest BCUT2D eigenvalue weighted by molar-refractivity contribution is 6.54. The average Bonchev–Trinajstić information content (AvgIpc) is 2.83. The fourth-order valence-corrected chi connectivity index (χ4v) is 2.14. The molecule has 3 rings (SSSR count). The van der Waals surface area contributed by atoms with Gasteiger partial charge in [-0.2, -0.15) is 0 Å². The molecule has 0 atom stereocenters. The molecule has 9 nitrogen and oxygen atoms in total. The minimum atomic E-state index is -0.563. The quantitative estimate of drug-likeness (QED) is 0.688. The van der Waals surface area contributed by atoms with Crippen molar-refractivity contribution in [1.29, 1.82) is 0 Å². The van der Waals surface area contributed by atoms with E-state index in [1.54, 1.807) is 0 Å². The lowest BCUT2D eigenvalue weighted by molar-refractivity contribution is -0.385. The van der Waals surface area contributed by atoms with E-state index in [9.17, 15) is 25.0 Å². The second-order valence-electron chi connectivity index (χ2n) is 4.68. The van der Waals surface area contributed by atoms with E-state index in [0.717, 1.165) is 0 Å². The Bertz CT molecular complexity index is 873. The van der Waals surface area contributed by atoms with Crippen molar-refractivity contribution in [3.63, 3.8) is 0 Å². The molecule has 23 heavy (non-hydrogen) atoms. The third-order valence-electron chi connectivity index (χ3n) is 3.23. The molecule has 1 heterocycles. The van der Waals surface area contributed by atoms with E-state index in [-0.39, 0.29) is 17.1 Å². The van der Waals surface area contributed by atoms with E-state index in [1.807, 2.05) is 0 Å². The molecule has 0 spiro atoms. The molecule has 0 fully saturated rings. The van der Waals surface area contributed by atoms with Crippen LogP contribution >= 0.6 is 0 Å². The number of amides is 1. The molecular weight excluding hydrogens is 304 g/mol. The number of anilines is 1. The SMILES string of the molecule is O=C1Nc2ccc([N+](=O)[O-])cc2C1=Nc1ccc([N+](=O)[O-])cc1. The average molecular weight is 312 g/mol. The summed E-state index contributed by atoms with van der Waals surface area (Å²) in [6.07, 6.45) is 0. The predicted molar refractivity (Wildman–Crippen MR) is 81.0 cm³/mol. The number of non-ortho nitro benzene ring substituents is 2. The second kappa shape index (κ2) is 5.30. The first kappa shape index (κ1) is 14.3. The molecule has 114 valence electrons. The summed E-state index contributed by atoms with van der Waals surface area (Å²) in [5.41, 5.74) is 0.860. The summed E-state index contributed by atoms with van der Waals surface area (Å²) in [6, 6.07) is 9.30. The number of benzene rings is 2. The summed E-state index contributed by atoms with van der Waals surface area (Å²) in [5.74, 6) is -0.487. The predicted octanol–water partition coefficient (Wildman–Crippen LogP) is 2.58. The zero-order chi connectivity index (χ0) is 16.6. The van der Waals surface area contributed by atoms with Gasteiger partial charge in [0.25, 0.3) is 17.3 Å². The van der Waals surface area contributed by atoms with Crippen molar-refractivity contribution in [3.8, 4) is 0 Å². The number of nitro groups is 2. The van der Waals surface area contributed by atoms with Crippen molar-refractivity contribution in [2.24, 2.45) is 4.99 Å². The molecule has 0 saturated carbocycles.